The van der Waals surface area contributed by atoms with Crippen LogP contribution in [0.2, 0.25) is 0 Å². The summed E-state index contributed by atoms with van der Waals surface area (Å²) in [6.45, 7) is 7.42. The van der Waals surface area contributed by atoms with Gasteiger partial charge in [0.25, 0.3) is 0 Å². The molecule has 0 heterocycles. The van der Waals surface area contributed by atoms with Crippen LogP contribution in [0.25, 0.3) is 0 Å². The summed E-state index contributed by atoms with van der Waals surface area (Å²) in [7, 11) is 0. The Balaban J connectivity index is 0. The molecule has 0 aliphatic heterocycles. The maximum absolute atomic E-state index is 12.0. The van der Waals surface area contributed by atoms with E-state index in [1.807, 2.05) is 27.7 Å². The number of carboxylic acid groups (broad SMARTS) is 3. The van der Waals surface area contributed by atoms with E-state index in [0.717, 1.165) is 0 Å². The molecule has 0 aliphatic carbocycles. The number of hydrogen-bond acceptors (Lipinski definition) is 9. The van der Waals surface area contributed by atoms with Crippen molar-refractivity contribution in [3.63, 3.8) is 0 Å². The average Bonchev–Trinajstić information content (AvgIpc) is 2.71. The highest BCUT2D eigenvalue weighted by molar-refractivity contribution is 8.00. The summed E-state index contributed by atoms with van der Waals surface area (Å²) >= 11 is 3.06. The highest BCUT2D eigenvalue weighted by Crippen LogP contribution is 2.18. The summed E-state index contributed by atoms with van der Waals surface area (Å²) < 4.78 is 0. The number of nitrogens with one attached hydrogen (secondary N) is 1. The summed E-state index contributed by atoms with van der Waals surface area (Å²) in [5, 5.41) is 28.6. The minimum atomic E-state index is -1.18. The van der Waals surface area contributed by atoms with Gasteiger partial charge in [0.2, 0.25) is 5.91 Å². The van der Waals surface area contributed by atoms with Crippen LogP contribution in [0.1, 0.15) is 47.0 Å². The first kappa shape index (κ1) is 33.3. The van der Waals surface area contributed by atoms with Gasteiger partial charge in [-0.3, -0.25) is 24.0 Å². The van der Waals surface area contributed by atoms with Gasteiger partial charge in [0.15, 0.2) is 0 Å². The smallest absolute Gasteiger partial charge is 0.322 e. The first-order chi connectivity index (χ1) is 15.2. The van der Waals surface area contributed by atoms with Crippen LogP contribution < -0.4 is 16.8 Å². The fourth-order valence-corrected chi connectivity index (χ4v) is 3.65. The lowest BCUT2D eigenvalue weighted by molar-refractivity contribution is -0.139. The molecule has 0 radical (unpaired) electrons. The molecule has 13 heteroatoms. The van der Waals surface area contributed by atoms with E-state index < -0.39 is 48.4 Å². The molecule has 0 aliphatic rings. The number of Topliss-reactive ketones (excluding diaryl/α,β-unsaturated/α-hetero) is 1. The van der Waals surface area contributed by atoms with Crippen molar-refractivity contribution in [2.45, 2.75) is 69.5 Å². The molecule has 0 aromatic heterocycles. The summed E-state index contributed by atoms with van der Waals surface area (Å²) in [5.41, 5.74) is 10.6. The molecule has 0 rings (SSSR count). The van der Waals surface area contributed by atoms with Crippen molar-refractivity contribution in [3.05, 3.63) is 0 Å². The molecule has 33 heavy (non-hydrogen) atoms. The van der Waals surface area contributed by atoms with Crippen LogP contribution in [0.3, 0.4) is 0 Å². The average molecular weight is 512 g/mol. The van der Waals surface area contributed by atoms with Gasteiger partial charge in [0, 0.05) is 24.3 Å². The second-order valence-corrected chi connectivity index (χ2v) is 11.0. The van der Waals surface area contributed by atoms with Crippen molar-refractivity contribution in [3.8, 4) is 0 Å². The number of amides is 1. The van der Waals surface area contributed by atoms with E-state index in [0.29, 0.717) is 16.8 Å². The normalized spacial score (nSPS) is 13.5. The van der Waals surface area contributed by atoms with Crippen LogP contribution in [-0.2, 0) is 24.0 Å². The van der Waals surface area contributed by atoms with Crippen LogP contribution in [0.5, 0.6) is 0 Å². The molecule has 1 unspecified atom stereocenters. The van der Waals surface area contributed by atoms with Gasteiger partial charge in [0.05, 0.1) is 5.92 Å². The Morgan fingerprint density at radius 3 is 1.73 bits per heavy atom. The fourth-order valence-electron chi connectivity index (χ4n) is 2.03. The van der Waals surface area contributed by atoms with Crippen molar-refractivity contribution < 1.29 is 39.3 Å². The summed E-state index contributed by atoms with van der Waals surface area (Å²) in [5.74, 6) is -3.77. The number of rotatable bonds is 16. The van der Waals surface area contributed by atoms with Crippen LogP contribution in [0.4, 0.5) is 0 Å². The van der Waals surface area contributed by atoms with Gasteiger partial charge in [-0.05, 0) is 16.9 Å². The van der Waals surface area contributed by atoms with Gasteiger partial charge < -0.3 is 32.1 Å². The largest absolute Gasteiger partial charge is 0.480 e. The van der Waals surface area contributed by atoms with Crippen LogP contribution in [-0.4, -0.2) is 85.6 Å². The highest BCUT2D eigenvalue weighted by Gasteiger charge is 2.23. The molecule has 0 saturated heterocycles. The summed E-state index contributed by atoms with van der Waals surface area (Å²) in [6.07, 6.45) is -0.0744. The second-order valence-electron chi connectivity index (χ2n) is 7.74. The predicted octanol–water partition coefficient (Wildman–Crippen LogP) is 0.636. The zero-order valence-electron chi connectivity index (χ0n) is 19.5. The first-order valence-corrected chi connectivity index (χ1v) is 12.5. The van der Waals surface area contributed by atoms with Crippen molar-refractivity contribution >= 4 is 53.1 Å². The van der Waals surface area contributed by atoms with E-state index >= 15 is 0 Å². The predicted molar refractivity (Wildman–Crippen MR) is 129 cm³/mol. The van der Waals surface area contributed by atoms with Crippen molar-refractivity contribution in [1.82, 2.24) is 5.32 Å². The van der Waals surface area contributed by atoms with Gasteiger partial charge in [0.1, 0.15) is 24.4 Å². The zero-order chi connectivity index (χ0) is 26.1. The zero-order valence-corrected chi connectivity index (χ0v) is 21.1. The van der Waals surface area contributed by atoms with Gasteiger partial charge >= 0.3 is 17.9 Å². The Hall–Kier alpha value is -1.83. The molecule has 8 N–H and O–H groups in total. The molecule has 3 atom stereocenters. The van der Waals surface area contributed by atoms with Crippen molar-refractivity contribution in [2.24, 2.45) is 17.4 Å². The van der Waals surface area contributed by atoms with Crippen molar-refractivity contribution in [2.75, 3.05) is 18.1 Å². The van der Waals surface area contributed by atoms with E-state index in [-0.39, 0.29) is 30.3 Å². The van der Waals surface area contributed by atoms with Crippen LogP contribution >= 0.6 is 23.5 Å². The first-order valence-electron chi connectivity index (χ1n) is 10.4. The number of thioether (sulfide) groups is 2. The molecular weight excluding hydrogens is 474 g/mol. The Kier molecular flexibility index (Phi) is 18.8. The minimum absolute atomic E-state index is 0.00888. The van der Waals surface area contributed by atoms with Gasteiger partial charge in [-0.2, -0.15) is 23.5 Å². The molecule has 0 aromatic carbocycles. The van der Waals surface area contributed by atoms with Gasteiger partial charge in [-0.1, -0.05) is 27.7 Å². The Bertz CT molecular complexity index is 647. The van der Waals surface area contributed by atoms with E-state index in [1.165, 1.54) is 11.8 Å². The van der Waals surface area contributed by atoms with Gasteiger partial charge in [-0.15, -0.1) is 0 Å². The molecule has 0 bridgehead atoms. The lowest BCUT2D eigenvalue weighted by Crippen LogP contribution is -2.37. The SMILES string of the molecule is CC(C)SC[C@H](CC(=O)CCC(N)C(=O)O)C(=O)NCC(=O)O.CC(C)SC[C@H](N)C(=O)O. The molecule has 0 aromatic rings. The second kappa shape index (κ2) is 18.6. The van der Waals surface area contributed by atoms with Crippen LogP contribution in [0.15, 0.2) is 0 Å². The van der Waals surface area contributed by atoms with E-state index in [9.17, 15) is 24.0 Å². The molecule has 0 fully saturated rings. The summed E-state index contributed by atoms with van der Waals surface area (Å²) in [6, 6.07) is -1.82. The monoisotopic (exact) mass is 511 g/mol. The molecule has 0 spiro atoms. The number of aliphatic carboxylic acids is 3. The third kappa shape index (κ3) is 20.5. The quantitative estimate of drug-likeness (QED) is 0.168. The maximum Gasteiger partial charge on any atom is 0.322 e. The van der Waals surface area contributed by atoms with Crippen molar-refractivity contribution in [1.29, 1.82) is 0 Å². The molecule has 0 saturated carbocycles. The fraction of sp³-hybridized carbons (Fsp3) is 0.750. The van der Waals surface area contributed by atoms with E-state index in [1.54, 1.807) is 11.8 Å². The minimum Gasteiger partial charge on any atom is -0.480 e. The summed E-state index contributed by atoms with van der Waals surface area (Å²) in [4.78, 5) is 55.2. The number of carboxylic acids is 3. The number of nitrogens with two attached hydrogens (primary N) is 2. The van der Waals surface area contributed by atoms with Gasteiger partial charge in [-0.25, -0.2) is 0 Å². The molecular formula is C20H37N3O8S2. The topological polar surface area (TPSA) is 210 Å². The maximum atomic E-state index is 12.0. The molecule has 192 valence electrons. The third-order valence-corrected chi connectivity index (χ3v) is 6.35. The van der Waals surface area contributed by atoms with E-state index in [4.69, 9.17) is 26.8 Å². The molecule has 11 nitrogen and oxygen atoms in total. The number of ketones is 1. The van der Waals surface area contributed by atoms with Crippen LogP contribution in [0, 0.1) is 5.92 Å². The standard InChI is InChI=1S/C14H24N2O6S.C6H13NO2S/c1-8(2)23-7-9(13(20)16-6-12(18)19)5-10(17)3-4-11(15)14(21)22;1-4(2)10-3-5(7)6(8)9/h8-9,11H,3-7,15H2,1-2H3,(H,16,20)(H,18,19)(H,21,22);4-5H,3,7H2,1-2H3,(H,8,9)/t9-,11?;5-/m00/s1. The highest BCUT2D eigenvalue weighted by atomic mass is 32.2. The third-order valence-electron chi connectivity index (χ3n) is 3.87. The Labute approximate surface area is 202 Å². The molecule has 1 amide bonds. The number of hydrogen-bond donors (Lipinski definition) is 6. The lowest BCUT2D eigenvalue weighted by atomic mass is 9.99. The lowest BCUT2D eigenvalue weighted by Gasteiger charge is -2.17. The Morgan fingerprint density at radius 2 is 1.30 bits per heavy atom. The Morgan fingerprint density at radius 1 is 0.818 bits per heavy atom. The number of carbonyl (C=O) groups is 5. The van der Waals surface area contributed by atoms with E-state index in [2.05, 4.69) is 5.32 Å². The number of carbonyl (C=O) groups excluding carboxylic acids is 2.